The number of carbonyl (C=O) groups excluding carboxylic acids is 2. The molecule has 0 spiro atoms. The molecular formula is C30H48O5. The first-order valence-corrected chi connectivity index (χ1v) is 14.1. The van der Waals surface area contributed by atoms with E-state index in [9.17, 15) is 19.8 Å². The minimum atomic E-state index is -1.35. The van der Waals surface area contributed by atoms with E-state index in [0.29, 0.717) is 49.0 Å². The molecule has 10 unspecified atom stereocenters. The highest BCUT2D eigenvalue weighted by molar-refractivity contribution is 5.89. The van der Waals surface area contributed by atoms with Crippen LogP contribution in [-0.2, 0) is 14.3 Å². The Morgan fingerprint density at radius 1 is 1.14 bits per heavy atom. The summed E-state index contributed by atoms with van der Waals surface area (Å²) in [6.07, 6.45) is 8.26. The summed E-state index contributed by atoms with van der Waals surface area (Å²) in [4.78, 5) is 24.5. The molecule has 5 nitrogen and oxygen atoms in total. The molecule has 10 atom stereocenters. The Kier molecular flexibility index (Phi) is 7.36. The molecule has 0 amide bonds. The minimum absolute atomic E-state index is 0.0150. The first-order chi connectivity index (χ1) is 16.3. The second-order valence-corrected chi connectivity index (χ2v) is 13.3. The average molecular weight is 489 g/mol. The molecular weight excluding hydrogens is 440 g/mol. The Morgan fingerprint density at radius 2 is 1.86 bits per heavy atom. The topological polar surface area (TPSA) is 83.8 Å². The zero-order valence-electron chi connectivity index (χ0n) is 22.6. The number of rotatable bonds is 7. The normalized spacial score (nSPS) is 44.5. The number of aliphatic hydroxyl groups excluding tert-OH is 1. The summed E-state index contributed by atoms with van der Waals surface area (Å²) in [5, 5.41) is 21.8. The second-order valence-electron chi connectivity index (χ2n) is 13.3. The maximum Gasteiger partial charge on any atom is 0.302 e. The third-order valence-electron chi connectivity index (χ3n) is 11.5. The molecule has 0 radical (unpaired) electrons. The van der Waals surface area contributed by atoms with Crippen molar-refractivity contribution in [2.24, 2.45) is 46.3 Å². The van der Waals surface area contributed by atoms with Gasteiger partial charge < -0.3 is 14.9 Å². The fourth-order valence-corrected chi connectivity index (χ4v) is 9.22. The van der Waals surface area contributed by atoms with Crippen LogP contribution in [0.15, 0.2) is 12.2 Å². The van der Waals surface area contributed by atoms with E-state index < -0.39 is 17.1 Å². The van der Waals surface area contributed by atoms with Crippen LogP contribution in [0.3, 0.4) is 0 Å². The maximum atomic E-state index is 13.4. The standard InChI is InChI=1S/C30H48O5/c1-18(20(3)17-35-21(4)31)7-8-19(2)24-9-10-25-23-15-27(33)30(34)16-22(32)11-14-29(30,6)26(23)12-13-28(24,25)5/h19-20,22-26,32,34H,1,7-17H2,2-6H3. The van der Waals surface area contributed by atoms with Crippen LogP contribution in [-0.4, -0.2) is 40.3 Å². The molecule has 0 bridgehead atoms. The van der Waals surface area contributed by atoms with Crippen molar-refractivity contribution in [1.82, 2.24) is 0 Å². The van der Waals surface area contributed by atoms with E-state index in [1.54, 1.807) is 0 Å². The van der Waals surface area contributed by atoms with Crippen LogP contribution in [0.5, 0.6) is 0 Å². The van der Waals surface area contributed by atoms with Gasteiger partial charge in [0.15, 0.2) is 5.78 Å². The van der Waals surface area contributed by atoms with E-state index >= 15 is 0 Å². The molecule has 4 aliphatic rings. The first kappa shape index (κ1) is 26.9. The third kappa shape index (κ3) is 4.43. The third-order valence-corrected chi connectivity index (χ3v) is 11.5. The van der Waals surface area contributed by atoms with Gasteiger partial charge in [-0.2, -0.15) is 0 Å². The van der Waals surface area contributed by atoms with Gasteiger partial charge in [-0.3, -0.25) is 9.59 Å². The summed E-state index contributed by atoms with van der Waals surface area (Å²) >= 11 is 0. The molecule has 198 valence electrons. The molecule has 0 aromatic rings. The van der Waals surface area contributed by atoms with Gasteiger partial charge in [0.1, 0.15) is 5.60 Å². The summed E-state index contributed by atoms with van der Waals surface area (Å²) < 4.78 is 5.18. The van der Waals surface area contributed by atoms with E-state index in [1.807, 2.05) is 0 Å². The van der Waals surface area contributed by atoms with E-state index in [2.05, 4.69) is 34.3 Å². The smallest absolute Gasteiger partial charge is 0.302 e. The van der Waals surface area contributed by atoms with Crippen LogP contribution >= 0.6 is 0 Å². The van der Waals surface area contributed by atoms with Gasteiger partial charge >= 0.3 is 5.97 Å². The average Bonchev–Trinajstić information content (AvgIpc) is 3.15. The highest BCUT2D eigenvalue weighted by Gasteiger charge is 2.67. The predicted octanol–water partition coefficient (Wildman–Crippen LogP) is 5.47. The number of fused-ring (bicyclic) bond motifs is 5. The number of esters is 1. The second kappa shape index (κ2) is 9.59. The molecule has 5 heteroatoms. The quantitative estimate of drug-likeness (QED) is 0.367. The van der Waals surface area contributed by atoms with Gasteiger partial charge in [-0.15, -0.1) is 0 Å². The summed E-state index contributed by atoms with van der Waals surface area (Å²) in [7, 11) is 0. The monoisotopic (exact) mass is 488 g/mol. The molecule has 4 saturated carbocycles. The lowest BCUT2D eigenvalue weighted by Crippen LogP contribution is -2.67. The molecule has 0 saturated heterocycles. The van der Waals surface area contributed by atoms with Gasteiger partial charge in [-0.25, -0.2) is 0 Å². The summed E-state index contributed by atoms with van der Waals surface area (Å²) in [5.41, 5.74) is -0.363. The number of hydrogen-bond donors (Lipinski definition) is 2. The Balaban J connectivity index is 1.44. The molecule has 4 aliphatic carbocycles. The number of ketones is 1. The number of aliphatic hydroxyl groups is 2. The van der Waals surface area contributed by atoms with E-state index in [4.69, 9.17) is 4.74 Å². The van der Waals surface area contributed by atoms with Crippen molar-refractivity contribution in [2.75, 3.05) is 6.61 Å². The van der Waals surface area contributed by atoms with Gasteiger partial charge in [-0.1, -0.05) is 39.8 Å². The Bertz CT molecular complexity index is 852. The molecule has 0 aromatic carbocycles. The molecule has 0 aromatic heterocycles. The van der Waals surface area contributed by atoms with E-state index in [0.717, 1.165) is 31.3 Å². The van der Waals surface area contributed by atoms with Gasteiger partial charge in [-0.05, 0) is 86.4 Å². The van der Waals surface area contributed by atoms with Crippen molar-refractivity contribution in [3.8, 4) is 0 Å². The zero-order valence-corrected chi connectivity index (χ0v) is 22.6. The lowest BCUT2D eigenvalue weighted by atomic mass is 9.42. The van der Waals surface area contributed by atoms with Crippen LogP contribution < -0.4 is 0 Å². The lowest BCUT2D eigenvalue weighted by molar-refractivity contribution is -0.213. The molecule has 0 aliphatic heterocycles. The van der Waals surface area contributed by atoms with Crippen LogP contribution in [0.25, 0.3) is 0 Å². The lowest BCUT2D eigenvalue weighted by Gasteiger charge is -2.63. The zero-order chi connectivity index (χ0) is 25.8. The van der Waals surface area contributed by atoms with Gasteiger partial charge in [0, 0.05) is 31.1 Å². The fraction of sp³-hybridized carbons (Fsp3) is 0.867. The fourth-order valence-electron chi connectivity index (χ4n) is 9.22. The highest BCUT2D eigenvalue weighted by Crippen LogP contribution is 2.68. The first-order valence-electron chi connectivity index (χ1n) is 14.1. The van der Waals surface area contributed by atoms with Crippen LogP contribution in [0.4, 0.5) is 0 Å². The summed E-state index contributed by atoms with van der Waals surface area (Å²) in [5.74, 6) is 2.41. The molecule has 2 N–H and O–H groups in total. The Morgan fingerprint density at radius 3 is 2.54 bits per heavy atom. The van der Waals surface area contributed by atoms with Crippen molar-refractivity contribution in [1.29, 1.82) is 0 Å². The van der Waals surface area contributed by atoms with Crippen LogP contribution in [0, 0.1) is 46.3 Å². The number of ether oxygens (including phenoxy) is 1. The van der Waals surface area contributed by atoms with E-state index in [-0.39, 0.29) is 29.5 Å². The molecule has 4 rings (SSSR count). The SMILES string of the molecule is C=C(CCC(C)C1CCC2C3CC(=O)C4(O)CC(O)CCC4(C)C3CCC12C)C(C)COC(C)=O. The van der Waals surface area contributed by atoms with Gasteiger partial charge in [0.05, 0.1) is 12.7 Å². The number of carbonyl (C=O) groups is 2. The Labute approximate surface area is 212 Å². The van der Waals surface area contributed by atoms with Crippen LogP contribution in [0.2, 0.25) is 0 Å². The van der Waals surface area contributed by atoms with Crippen molar-refractivity contribution >= 4 is 11.8 Å². The minimum Gasteiger partial charge on any atom is -0.465 e. The van der Waals surface area contributed by atoms with Crippen molar-refractivity contribution in [3.05, 3.63) is 12.2 Å². The van der Waals surface area contributed by atoms with Gasteiger partial charge in [0.25, 0.3) is 0 Å². The largest absolute Gasteiger partial charge is 0.465 e. The van der Waals surface area contributed by atoms with Crippen molar-refractivity contribution in [3.63, 3.8) is 0 Å². The highest BCUT2D eigenvalue weighted by atomic mass is 16.5. The Hall–Kier alpha value is -1.20. The number of Topliss-reactive ketones (excluding diaryl/α,β-unsaturated/α-hetero) is 1. The van der Waals surface area contributed by atoms with Gasteiger partial charge in [0.2, 0.25) is 0 Å². The van der Waals surface area contributed by atoms with Crippen molar-refractivity contribution in [2.45, 2.75) is 111 Å². The van der Waals surface area contributed by atoms with Crippen LogP contribution in [0.1, 0.15) is 98.8 Å². The van der Waals surface area contributed by atoms with E-state index in [1.165, 1.54) is 26.2 Å². The number of hydrogen-bond acceptors (Lipinski definition) is 5. The molecule has 4 fully saturated rings. The molecule has 35 heavy (non-hydrogen) atoms. The van der Waals surface area contributed by atoms with Crippen molar-refractivity contribution < 1.29 is 24.5 Å². The molecule has 0 heterocycles. The summed E-state index contributed by atoms with van der Waals surface area (Å²) in [6.45, 7) is 15.2. The predicted molar refractivity (Wildman–Crippen MR) is 136 cm³/mol. The maximum absolute atomic E-state index is 13.4. The summed E-state index contributed by atoms with van der Waals surface area (Å²) in [6, 6.07) is 0.